The lowest BCUT2D eigenvalue weighted by atomic mass is 9.93. The molecule has 0 aliphatic carbocycles. The number of carbonyl (C=O) groups excluding carboxylic acids is 2. The smallest absolute Gasteiger partial charge is 0.262 e. The molecule has 1 aromatic carbocycles. The van der Waals surface area contributed by atoms with Gasteiger partial charge in [-0.1, -0.05) is 37.3 Å². The van der Waals surface area contributed by atoms with Crippen LogP contribution in [0.4, 0.5) is 8.78 Å². The molecule has 2 heterocycles. The predicted molar refractivity (Wildman–Crippen MR) is 106 cm³/mol. The van der Waals surface area contributed by atoms with Gasteiger partial charge in [-0.05, 0) is 24.8 Å². The number of nitrogens with zero attached hydrogens (tertiary/aromatic N) is 1. The van der Waals surface area contributed by atoms with Crippen LogP contribution in [0.3, 0.4) is 0 Å². The Hall–Kier alpha value is -1.73. The molecule has 2 aliphatic rings. The van der Waals surface area contributed by atoms with Gasteiger partial charge in [-0.15, -0.1) is 12.4 Å². The van der Waals surface area contributed by atoms with Gasteiger partial charge >= 0.3 is 0 Å². The summed E-state index contributed by atoms with van der Waals surface area (Å²) in [6.07, 6.45) is 1.57. The zero-order valence-electron chi connectivity index (χ0n) is 16.0. The summed E-state index contributed by atoms with van der Waals surface area (Å²) in [6.45, 7) is 2.70. The van der Waals surface area contributed by atoms with E-state index in [9.17, 15) is 18.4 Å². The van der Waals surface area contributed by atoms with Gasteiger partial charge in [0.25, 0.3) is 5.92 Å². The number of nitrogens with one attached hydrogen (secondary N) is 2. The maximum atomic E-state index is 13.2. The minimum atomic E-state index is -2.82. The van der Waals surface area contributed by atoms with Crippen molar-refractivity contribution in [1.29, 1.82) is 0 Å². The first-order chi connectivity index (χ1) is 12.9. The molecular weight excluding hydrogens is 388 g/mol. The maximum absolute atomic E-state index is 13.2. The zero-order valence-corrected chi connectivity index (χ0v) is 16.8. The molecule has 2 aliphatic heterocycles. The average Bonchev–Trinajstić information content (AvgIpc) is 3.04. The molecule has 0 aromatic heterocycles. The summed E-state index contributed by atoms with van der Waals surface area (Å²) in [5.74, 6) is -3.22. The third-order valence-electron chi connectivity index (χ3n) is 5.49. The normalized spacial score (nSPS) is 23.0. The number of benzene rings is 1. The van der Waals surface area contributed by atoms with E-state index in [2.05, 4.69) is 10.6 Å². The Morgan fingerprint density at radius 1 is 1.25 bits per heavy atom. The largest absolute Gasteiger partial charge is 0.352 e. The molecule has 5 nitrogen and oxygen atoms in total. The quantitative estimate of drug-likeness (QED) is 0.777. The minimum Gasteiger partial charge on any atom is -0.352 e. The monoisotopic (exact) mass is 415 g/mol. The fourth-order valence-corrected chi connectivity index (χ4v) is 3.91. The van der Waals surface area contributed by atoms with Gasteiger partial charge in [0.05, 0.1) is 18.5 Å². The number of amides is 2. The predicted octanol–water partition coefficient (Wildman–Crippen LogP) is 2.71. The fraction of sp³-hybridized carbons (Fsp3) is 0.600. The number of halogens is 3. The van der Waals surface area contributed by atoms with Gasteiger partial charge in [-0.2, -0.15) is 0 Å². The van der Waals surface area contributed by atoms with E-state index in [-0.39, 0.29) is 36.2 Å². The van der Waals surface area contributed by atoms with Crippen LogP contribution in [0.25, 0.3) is 0 Å². The van der Waals surface area contributed by atoms with Gasteiger partial charge in [-0.25, -0.2) is 8.78 Å². The van der Waals surface area contributed by atoms with Crippen LogP contribution in [-0.2, 0) is 9.59 Å². The van der Waals surface area contributed by atoms with Crippen molar-refractivity contribution in [3.8, 4) is 0 Å². The molecule has 156 valence electrons. The highest BCUT2D eigenvalue weighted by molar-refractivity contribution is 5.85. The Balaban J connectivity index is 0.00000280. The lowest BCUT2D eigenvalue weighted by Crippen LogP contribution is -2.51. The van der Waals surface area contributed by atoms with Crippen LogP contribution in [0.2, 0.25) is 0 Å². The molecule has 2 saturated heterocycles. The summed E-state index contributed by atoms with van der Waals surface area (Å²) in [7, 11) is 0. The van der Waals surface area contributed by atoms with Gasteiger partial charge in [0.15, 0.2) is 0 Å². The highest BCUT2D eigenvalue weighted by atomic mass is 35.5. The van der Waals surface area contributed by atoms with E-state index in [1.165, 1.54) is 0 Å². The van der Waals surface area contributed by atoms with Gasteiger partial charge in [0.2, 0.25) is 11.8 Å². The highest BCUT2D eigenvalue weighted by Gasteiger charge is 2.42. The second-order valence-electron chi connectivity index (χ2n) is 7.47. The van der Waals surface area contributed by atoms with E-state index in [4.69, 9.17) is 0 Å². The third-order valence-corrected chi connectivity index (χ3v) is 5.49. The number of alkyl halides is 2. The van der Waals surface area contributed by atoms with Gasteiger partial charge < -0.3 is 10.2 Å². The molecule has 28 heavy (non-hydrogen) atoms. The molecule has 3 rings (SSSR count). The number of piperidine rings is 1. The van der Waals surface area contributed by atoms with Crippen LogP contribution in [0.5, 0.6) is 0 Å². The molecule has 2 fully saturated rings. The van der Waals surface area contributed by atoms with Crippen LogP contribution >= 0.6 is 12.4 Å². The van der Waals surface area contributed by atoms with Crippen molar-refractivity contribution in [2.45, 2.75) is 56.5 Å². The molecule has 2 N–H and O–H groups in total. The van der Waals surface area contributed by atoms with Crippen LogP contribution in [0.15, 0.2) is 30.3 Å². The van der Waals surface area contributed by atoms with Gasteiger partial charge in [0.1, 0.15) is 0 Å². The van der Waals surface area contributed by atoms with E-state index in [0.29, 0.717) is 25.9 Å². The molecule has 0 saturated carbocycles. The standard InChI is InChI=1S/C20H27F2N3O2.ClH/c1-2-16(14-6-4-3-5-7-14)19(27)25-10-8-15(9-11-25)24-18(26)17-12-20(21,22)13-23-17;/h3-7,15-17,23H,2,8-13H2,1H3,(H,24,26);1H. The van der Waals surface area contributed by atoms with Gasteiger partial charge in [0, 0.05) is 25.6 Å². The van der Waals surface area contributed by atoms with Crippen LogP contribution in [-0.4, -0.2) is 54.4 Å². The second kappa shape index (κ2) is 9.65. The van der Waals surface area contributed by atoms with Crippen molar-refractivity contribution in [1.82, 2.24) is 15.5 Å². The van der Waals surface area contributed by atoms with Crippen molar-refractivity contribution >= 4 is 24.2 Å². The first kappa shape index (κ1) is 22.6. The molecule has 2 unspecified atom stereocenters. The third kappa shape index (κ3) is 5.41. The molecule has 8 heteroatoms. The molecule has 0 bridgehead atoms. The molecular formula is C20H28ClF2N3O2. The van der Waals surface area contributed by atoms with Crippen LogP contribution < -0.4 is 10.6 Å². The van der Waals surface area contributed by atoms with Crippen LogP contribution in [0.1, 0.15) is 44.1 Å². The molecule has 2 atom stereocenters. The number of hydrogen-bond donors (Lipinski definition) is 2. The molecule has 0 radical (unpaired) electrons. The SMILES string of the molecule is CCC(C(=O)N1CCC(NC(=O)C2CC(F)(F)CN2)CC1)c1ccccc1.Cl. The summed E-state index contributed by atoms with van der Waals surface area (Å²) in [4.78, 5) is 26.9. The number of hydrogen-bond acceptors (Lipinski definition) is 3. The minimum absolute atomic E-state index is 0. The average molecular weight is 416 g/mol. The fourth-order valence-electron chi connectivity index (χ4n) is 3.91. The van der Waals surface area contributed by atoms with E-state index in [1.54, 1.807) is 0 Å². The van der Waals surface area contributed by atoms with E-state index in [1.807, 2.05) is 42.2 Å². The van der Waals surface area contributed by atoms with Crippen molar-refractivity contribution in [2.24, 2.45) is 0 Å². The highest BCUT2D eigenvalue weighted by Crippen LogP contribution is 2.26. The van der Waals surface area contributed by atoms with E-state index in [0.717, 1.165) is 12.0 Å². The van der Waals surface area contributed by atoms with Crippen LogP contribution in [0, 0.1) is 0 Å². The van der Waals surface area contributed by atoms with Crippen molar-refractivity contribution < 1.29 is 18.4 Å². The Labute approximate surface area is 170 Å². The number of carbonyl (C=O) groups is 2. The molecule has 0 spiro atoms. The summed E-state index contributed by atoms with van der Waals surface area (Å²) in [6, 6.07) is 8.86. The lowest BCUT2D eigenvalue weighted by molar-refractivity contribution is -0.134. The molecule has 2 amide bonds. The van der Waals surface area contributed by atoms with Gasteiger partial charge in [-0.3, -0.25) is 14.9 Å². The summed E-state index contributed by atoms with van der Waals surface area (Å²) >= 11 is 0. The lowest BCUT2D eigenvalue weighted by Gasteiger charge is -2.35. The summed E-state index contributed by atoms with van der Waals surface area (Å²) in [5, 5.41) is 5.44. The van der Waals surface area contributed by atoms with Crippen molar-refractivity contribution in [2.75, 3.05) is 19.6 Å². The first-order valence-corrected chi connectivity index (χ1v) is 9.65. The van der Waals surface area contributed by atoms with E-state index < -0.39 is 24.9 Å². The number of rotatable bonds is 5. The molecule has 1 aromatic rings. The Morgan fingerprint density at radius 2 is 1.89 bits per heavy atom. The number of likely N-dealkylation sites (tertiary alicyclic amines) is 1. The first-order valence-electron chi connectivity index (χ1n) is 9.65. The Bertz CT molecular complexity index is 667. The Kier molecular flexibility index (Phi) is 7.78. The summed E-state index contributed by atoms with van der Waals surface area (Å²) < 4.78 is 26.5. The Morgan fingerprint density at radius 3 is 2.43 bits per heavy atom. The van der Waals surface area contributed by atoms with Crippen molar-refractivity contribution in [3.63, 3.8) is 0 Å². The van der Waals surface area contributed by atoms with E-state index >= 15 is 0 Å². The second-order valence-corrected chi connectivity index (χ2v) is 7.47. The maximum Gasteiger partial charge on any atom is 0.262 e. The topological polar surface area (TPSA) is 61.4 Å². The zero-order chi connectivity index (χ0) is 19.4. The van der Waals surface area contributed by atoms with Crippen molar-refractivity contribution in [3.05, 3.63) is 35.9 Å². The summed E-state index contributed by atoms with van der Waals surface area (Å²) in [5.41, 5.74) is 1.02.